The second-order valence-electron chi connectivity index (χ2n) is 10.2. The molecule has 3 unspecified atom stereocenters. The number of nitrogens with zero attached hydrogens (tertiary/aromatic N) is 4. The molecule has 7 nitrogen and oxygen atoms in total. The fraction of sp³-hybridized carbons (Fsp3) is 0.321. The maximum absolute atomic E-state index is 11.8. The van der Waals surface area contributed by atoms with Gasteiger partial charge in [0.05, 0.1) is 11.3 Å². The number of aryl methyl sites for hydroxylation is 1. The fourth-order valence-corrected chi connectivity index (χ4v) is 5.53. The monoisotopic (exact) mass is 468 g/mol. The van der Waals surface area contributed by atoms with Crippen LogP contribution in [0.15, 0.2) is 60.7 Å². The number of benzene rings is 2. The third-order valence-corrected chi connectivity index (χ3v) is 7.81. The smallest absolute Gasteiger partial charge is 0.337 e. The second kappa shape index (κ2) is 7.92. The van der Waals surface area contributed by atoms with E-state index in [4.69, 9.17) is 5.10 Å². The highest BCUT2D eigenvalue weighted by molar-refractivity contribution is 5.79. The van der Waals surface area contributed by atoms with Crippen molar-refractivity contribution >= 4 is 17.4 Å². The number of anilines is 1. The van der Waals surface area contributed by atoms with Crippen LogP contribution < -0.4 is 4.90 Å². The molecule has 178 valence electrons. The molecule has 1 aliphatic carbocycles. The molecule has 0 radical (unpaired) electrons. The lowest BCUT2D eigenvalue weighted by atomic mass is 9.97. The molecule has 3 heterocycles. The summed E-state index contributed by atoms with van der Waals surface area (Å²) in [7, 11) is 0. The standard InChI is InChI=1S/C28H28N4O3/c1-17-24(25(33)27(34)35)26(31-12-11-28(2)15-21(28)16-31)32-23(29-17)14-22(30-32)20-10-6-9-19(13-20)18-7-4-3-5-8-18/h3-10,13-14,21,25,33H,11-12,15-16H2,1-2H3,(H,34,35). The molecule has 0 spiro atoms. The van der Waals surface area contributed by atoms with Gasteiger partial charge in [-0.15, -0.1) is 0 Å². The maximum atomic E-state index is 11.8. The van der Waals surface area contributed by atoms with Crippen LogP contribution in [0.3, 0.4) is 0 Å². The Morgan fingerprint density at radius 1 is 1.09 bits per heavy atom. The Morgan fingerprint density at radius 3 is 2.57 bits per heavy atom. The van der Waals surface area contributed by atoms with E-state index in [0.717, 1.165) is 41.9 Å². The summed E-state index contributed by atoms with van der Waals surface area (Å²) in [5.74, 6) is -0.0688. The third-order valence-electron chi connectivity index (χ3n) is 7.81. The highest BCUT2D eigenvalue weighted by atomic mass is 16.4. The van der Waals surface area contributed by atoms with Gasteiger partial charge in [0.25, 0.3) is 0 Å². The molecule has 2 N–H and O–H groups in total. The number of carboxylic acid groups (broad SMARTS) is 1. The van der Waals surface area contributed by atoms with Gasteiger partial charge in [-0.2, -0.15) is 9.61 Å². The SMILES string of the molecule is Cc1nc2cc(-c3cccc(-c4ccccc4)c3)nn2c(N2CCC3(C)CC3C2)c1C(O)C(=O)O. The Bertz CT molecular complexity index is 1450. The van der Waals surface area contributed by atoms with Crippen LogP contribution in [0.1, 0.15) is 37.1 Å². The van der Waals surface area contributed by atoms with Crippen molar-refractivity contribution in [1.82, 2.24) is 14.6 Å². The Morgan fingerprint density at radius 2 is 1.83 bits per heavy atom. The van der Waals surface area contributed by atoms with Gasteiger partial charge in [0.15, 0.2) is 11.8 Å². The summed E-state index contributed by atoms with van der Waals surface area (Å²) >= 11 is 0. The molecule has 2 aliphatic rings. The molecule has 0 bridgehead atoms. The number of hydrogen-bond donors (Lipinski definition) is 2. The number of aliphatic carboxylic acids is 1. The van der Waals surface area contributed by atoms with Crippen LogP contribution in [0.5, 0.6) is 0 Å². The van der Waals surface area contributed by atoms with Crippen molar-refractivity contribution in [2.75, 3.05) is 18.0 Å². The predicted octanol–water partition coefficient (Wildman–Crippen LogP) is 4.73. The number of hydrogen-bond acceptors (Lipinski definition) is 5. The summed E-state index contributed by atoms with van der Waals surface area (Å²) in [6.07, 6.45) is 0.559. The molecule has 4 aromatic rings. The first-order valence-corrected chi connectivity index (χ1v) is 12.1. The summed E-state index contributed by atoms with van der Waals surface area (Å²) in [4.78, 5) is 18.7. The number of aliphatic hydroxyl groups excluding tert-OH is 1. The minimum absolute atomic E-state index is 0.321. The number of rotatable bonds is 5. The second-order valence-corrected chi connectivity index (χ2v) is 10.2. The molecule has 2 fully saturated rings. The Hall–Kier alpha value is -3.71. The summed E-state index contributed by atoms with van der Waals surface area (Å²) in [6.45, 7) is 5.71. The topological polar surface area (TPSA) is 91.0 Å². The van der Waals surface area contributed by atoms with Gasteiger partial charge in [-0.25, -0.2) is 9.78 Å². The van der Waals surface area contributed by atoms with Gasteiger partial charge in [0.2, 0.25) is 0 Å². The van der Waals surface area contributed by atoms with E-state index in [1.807, 2.05) is 36.4 Å². The van der Waals surface area contributed by atoms with Crippen LogP contribution in [-0.4, -0.2) is 43.9 Å². The lowest BCUT2D eigenvalue weighted by Gasteiger charge is -2.33. The van der Waals surface area contributed by atoms with E-state index in [1.165, 1.54) is 6.42 Å². The summed E-state index contributed by atoms with van der Waals surface area (Å²) in [6, 6.07) is 20.3. The van der Waals surface area contributed by atoms with Crippen molar-refractivity contribution < 1.29 is 15.0 Å². The van der Waals surface area contributed by atoms with Gasteiger partial charge < -0.3 is 15.1 Å². The fourth-order valence-electron chi connectivity index (χ4n) is 5.53. The first kappa shape index (κ1) is 21.8. The molecule has 7 heteroatoms. The molecule has 1 aliphatic heterocycles. The Labute approximate surface area is 203 Å². The highest BCUT2D eigenvalue weighted by Crippen LogP contribution is 2.58. The van der Waals surface area contributed by atoms with Crippen LogP contribution in [0.2, 0.25) is 0 Å². The Balaban J connectivity index is 1.49. The quantitative estimate of drug-likeness (QED) is 0.440. The average Bonchev–Trinajstić information content (AvgIpc) is 3.36. The van der Waals surface area contributed by atoms with Crippen molar-refractivity contribution in [3.05, 3.63) is 71.9 Å². The van der Waals surface area contributed by atoms with Gasteiger partial charge >= 0.3 is 5.97 Å². The van der Waals surface area contributed by atoms with E-state index in [1.54, 1.807) is 11.4 Å². The largest absolute Gasteiger partial charge is 0.479 e. The average molecular weight is 469 g/mol. The number of carboxylic acids is 1. The number of carbonyl (C=O) groups is 1. The molecular weight excluding hydrogens is 440 g/mol. The van der Waals surface area contributed by atoms with Crippen LogP contribution in [0.4, 0.5) is 5.82 Å². The molecule has 2 aromatic carbocycles. The number of piperidine rings is 1. The molecule has 6 rings (SSSR count). The van der Waals surface area contributed by atoms with E-state index in [-0.39, 0.29) is 0 Å². The van der Waals surface area contributed by atoms with Gasteiger partial charge in [-0.3, -0.25) is 0 Å². The van der Waals surface area contributed by atoms with Crippen LogP contribution in [0.25, 0.3) is 28.0 Å². The summed E-state index contributed by atoms with van der Waals surface area (Å²) in [5.41, 5.74) is 5.79. The molecule has 3 atom stereocenters. The predicted molar refractivity (Wildman–Crippen MR) is 134 cm³/mol. The van der Waals surface area contributed by atoms with Crippen LogP contribution in [-0.2, 0) is 4.79 Å². The number of aromatic nitrogens is 3. The first-order valence-electron chi connectivity index (χ1n) is 12.1. The normalized spacial score (nSPS) is 22.1. The molecule has 0 amide bonds. The summed E-state index contributed by atoms with van der Waals surface area (Å²) < 4.78 is 1.73. The number of aliphatic hydroxyl groups is 1. The molecule has 35 heavy (non-hydrogen) atoms. The van der Waals surface area contributed by atoms with Crippen LogP contribution >= 0.6 is 0 Å². The first-order chi connectivity index (χ1) is 16.8. The maximum Gasteiger partial charge on any atom is 0.337 e. The van der Waals surface area contributed by atoms with Crippen molar-refractivity contribution in [3.63, 3.8) is 0 Å². The van der Waals surface area contributed by atoms with Gasteiger partial charge in [0.1, 0.15) is 5.82 Å². The lowest BCUT2D eigenvalue weighted by molar-refractivity contribution is -0.147. The minimum atomic E-state index is -1.66. The summed E-state index contributed by atoms with van der Waals surface area (Å²) in [5, 5.41) is 25.2. The zero-order valence-electron chi connectivity index (χ0n) is 19.8. The van der Waals surface area contributed by atoms with E-state index < -0.39 is 12.1 Å². The molecule has 1 saturated carbocycles. The van der Waals surface area contributed by atoms with Crippen molar-refractivity contribution in [3.8, 4) is 22.4 Å². The van der Waals surface area contributed by atoms with Crippen molar-refractivity contribution in [2.24, 2.45) is 11.3 Å². The zero-order valence-corrected chi connectivity index (χ0v) is 19.8. The third kappa shape index (κ3) is 3.67. The van der Waals surface area contributed by atoms with Gasteiger partial charge in [-0.1, -0.05) is 55.5 Å². The lowest BCUT2D eigenvalue weighted by Crippen LogP contribution is -2.37. The van der Waals surface area contributed by atoms with Gasteiger partial charge in [0, 0.05) is 30.4 Å². The Kier molecular flexibility index (Phi) is 4.93. The van der Waals surface area contributed by atoms with E-state index in [2.05, 4.69) is 41.1 Å². The molecule has 1 saturated heterocycles. The minimum Gasteiger partial charge on any atom is -0.479 e. The van der Waals surface area contributed by atoms with Crippen LogP contribution in [0, 0.1) is 18.3 Å². The molecule has 2 aromatic heterocycles. The highest BCUT2D eigenvalue weighted by Gasteiger charge is 2.53. The van der Waals surface area contributed by atoms with Gasteiger partial charge in [-0.05, 0) is 48.3 Å². The van der Waals surface area contributed by atoms with E-state index >= 15 is 0 Å². The van der Waals surface area contributed by atoms with E-state index in [9.17, 15) is 15.0 Å². The van der Waals surface area contributed by atoms with Crippen molar-refractivity contribution in [2.45, 2.75) is 32.8 Å². The van der Waals surface area contributed by atoms with Crippen molar-refractivity contribution in [1.29, 1.82) is 0 Å². The zero-order chi connectivity index (χ0) is 24.3. The molecular formula is C28H28N4O3. The van der Waals surface area contributed by atoms with E-state index in [0.29, 0.717) is 34.1 Å². The number of fused-ring (bicyclic) bond motifs is 2.